The molecule has 0 aliphatic heterocycles. The van der Waals surface area contributed by atoms with Gasteiger partial charge < -0.3 is 15.4 Å². The molecule has 1 fully saturated rings. The Kier molecular flexibility index (Phi) is 6.32. The second-order valence-corrected chi connectivity index (χ2v) is 8.52. The summed E-state index contributed by atoms with van der Waals surface area (Å²) in [5.41, 5.74) is 1.44. The Bertz CT molecular complexity index is 647. The Hall–Kier alpha value is -2.04. The molecule has 1 aliphatic carbocycles. The Morgan fingerprint density at radius 2 is 1.81 bits per heavy atom. The molecular weight excluding hydrogens is 328 g/mol. The molecule has 0 heterocycles. The molecule has 1 saturated carbocycles. The van der Waals surface area contributed by atoms with E-state index in [0.717, 1.165) is 19.3 Å². The van der Waals surface area contributed by atoms with Crippen LogP contribution < -0.4 is 10.6 Å². The zero-order valence-electron chi connectivity index (χ0n) is 16.6. The first kappa shape index (κ1) is 20.3. The van der Waals surface area contributed by atoms with Gasteiger partial charge in [0.1, 0.15) is 5.60 Å². The first-order valence-electron chi connectivity index (χ1n) is 9.41. The van der Waals surface area contributed by atoms with Crippen molar-refractivity contribution in [1.82, 2.24) is 10.6 Å². The van der Waals surface area contributed by atoms with Gasteiger partial charge in [0, 0.05) is 13.0 Å². The quantitative estimate of drug-likeness (QED) is 0.778. The molecule has 1 aromatic carbocycles. The summed E-state index contributed by atoms with van der Waals surface area (Å²) in [6.07, 6.45) is 2.87. The van der Waals surface area contributed by atoms with Gasteiger partial charge in [-0.3, -0.25) is 4.79 Å². The number of carbonyl (C=O) groups excluding carboxylic acids is 2. The van der Waals surface area contributed by atoms with Crippen LogP contribution in [0.3, 0.4) is 0 Å². The van der Waals surface area contributed by atoms with E-state index in [9.17, 15) is 9.59 Å². The van der Waals surface area contributed by atoms with Crippen LogP contribution in [0.25, 0.3) is 0 Å². The van der Waals surface area contributed by atoms with Crippen LogP contribution in [0, 0.1) is 12.8 Å². The lowest BCUT2D eigenvalue weighted by molar-refractivity contribution is -0.123. The molecule has 0 aromatic heterocycles. The van der Waals surface area contributed by atoms with E-state index in [1.54, 1.807) is 0 Å². The highest BCUT2D eigenvalue weighted by Crippen LogP contribution is 2.39. The third-order valence-corrected chi connectivity index (χ3v) is 4.78. The molecule has 1 aromatic rings. The standard InChI is InChI=1S/C21H32N2O3/c1-15-8-6-7-9-16(15)10-13-18(24)23-21(5,17-11-12-17)14-22-19(25)26-20(2,3)4/h6-9,17H,10-14H2,1-5H3,(H,22,25)(H,23,24). The first-order chi connectivity index (χ1) is 12.1. The molecule has 144 valence electrons. The number of rotatable bonds is 7. The first-order valence-corrected chi connectivity index (χ1v) is 9.41. The van der Waals surface area contributed by atoms with Crippen molar-refractivity contribution < 1.29 is 14.3 Å². The van der Waals surface area contributed by atoms with Crippen molar-refractivity contribution in [2.24, 2.45) is 5.92 Å². The molecule has 0 spiro atoms. The normalized spacial score (nSPS) is 16.5. The van der Waals surface area contributed by atoms with Crippen molar-refractivity contribution in [1.29, 1.82) is 0 Å². The predicted molar refractivity (Wildman–Crippen MR) is 103 cm³/mol. The van der Waals surface area contributed by atoms with Crippen LogP contribution >= 0.6 is 0 Å². The Balaban J connectivity index is 1.87. The SMILES string of the molecule is Cc1ccccc1CCC(=O)NC(C)(CNC(=O)OC(C)(C)C)C1CC1. The fourth-order valence-corrected chi connectivity index (χ4v) is 3.10. The van der Waals surface area contributed by atoms with E-state index in [2.05, 4.69) is 29.7 Å². The monoisotopic (exact) mass is 360 g/mol. The zero-order valence-corrected chi connectivity index (χ0v) is 16.6. The summed E-state index contributed by atoms with van der Waals surface area (Å²) < 4.78 is 5.29. The maximum absolute atomic E-state index is 12.5. The second kappa shape index (κ2) is 8.11. The highest BCUT2D eigenvalue weighted by molar-refractivity contribution is 5.77. The zero-order chi connectivity index (χ0) is 19.4. The largest absolute Gasteiger partial charge is 0.444 e. The number of hydrogen-bond acceptors (Lipinski definition) is 3. The molecule has 0 radical (unpaired) electrons. The lowest BCUT2D eigenvalue weighted by Crippen LogP contribution is -2.55. The number of nitrogens with one attached hydrogen (secondary N) is 2. The van der Waals surface area contributed by atoms with Crippen LogP contribution in [-0.2, 0) is 16.0 Å². The van der Waals surface area contributed by atoms with Gasteiger partial charge in [0.15, 0.2) is 0 Å². The van der Waals surface area contributed by atoms with Crippen LogP contribution in [0.5, 0.6) is 0 Å². The highest BCUT2D eigenvalue weighted by atomic mass is 16.6. The number of ether oxygens (including phenoxy) is 1. The number of hydrogen-bond donors (Lipinski definition) is 2. The van der Waals surface area contributed by atoms with Crippen LogP contribution in [0.4, 0.5) is 4.79 Å². The van der Waals surface area contributed by atoms with Gasteiger partial charge >= 0.3 is 6.09 Å². The summed E-state index contributed by atoms with van der Waals surface area (Å²) in [6, 6.07) is 8.13. The van der Waals surface area contributed by atoms with Gasteiger partial charge in [0.25, 0.3) is 0 Å². The van der Waals surface area contributed by atoms with Gasteiger partial charge in [0.05, 0.1) is 5.54 Å². The van der Waals surface area contributed by atoms with Gasteiger partial charge in [-0.2, -0.15) is 0 Å². The molecule has 2 amide bonds. The molecule has 1 aliphatic rings. The summed E-state index contributed by atoms with van der Waals surface area (Å²) in [4.78, 5) is 24.4. The third kappa shape index (κ3) is 6.36. The van der Waals surface area contributed by atoms with E-state index in [1.807, 2.05) is 39.8 Å². The van der Waals surface area contributed by atoms with Gasteiger partial charge in [-0.1, -0.05) is 24.3 Å². The number of aryl methyl sites for hydroxylation is 2. The maximum Gasteiger partial charge on any atom is 0.407 e. The van der Waals surface area contributed by atoms with E-state index >= 15 is 0 Å². The molecule has 5 nitrogen and oxygen atoms in total. The summed E-state index contributed by atoms with van der Waals surface area (Å²) in [5, 5.41) is 5.97. The van der Waals surface area contributed by atoms with E-state index < -0.39 is 17.2 Å². The van der Waals surface area contributed by atoms with E-state index in [0.29, 0.717) is 18.9 Å². The highest BCUT2D eigenvalue weighted by Gasteiger charge is 2.42. The lowest BCUT2D eigenvalue weighted by Gasteiger charge is -2.32. The minimum atomic E-state index is -0.531. The Morgan fingerprint density at radius 1 is 1.15 bits per heavy atom. The molecule has 2 rings (SSSR count). The summed E-state index contributed by atoms with van der Waals surface area (Å²) >= 11 is 0. The maximum atomic E-state index is 12.5. The lowest BCUT2D eigenvalue weighted by atomic mass is 9.95. The Labute approximate surface area is 156 Å². The smallest absolute Gasteiger partial charge is 0.407 e. The van der Waals surface area contributed by atoms with Crippen molar-refractivity contribution in [3.63, 3.8) is 0 Å². The van der Waals surface area contributed by atoms with Crippen LogP contribution in [0.15, 0.2) is 24.3 Å². The Morgan fingerprint density at radius 3 is 2.38 bits per heavy atom. The number of carbonyl (C=O) groups is 2. The predicted octanol–water partition coefficient (Wildman–Crippen LogP) is 3.74. The fraction of sp³-hybridized carbons (Fsp3) is 0.619. The molecule has 0 saturated heterocycles. The fourth-order valence-electron chi connectivity index (χ4n) is 3.10. The third-order valence-electron chi connectivity index (χ3n) is 4.78. The second-order valence-electron chi connectivity index (χ2n) is 8.52. The molecule has 5 heteroatoms. The van der Waals surface area contributed by atoms with E-state index in [4.69, 9.17) is 4.74 Å². The minimum absolute atomic E-state index is 0.0219. The number of alkyl carbamates (subject to hydrolysis) is 1. The van der Waals surface area contributed by atoms with E-state index in [-0.39, 0.29) is 5.91 Å². The number of amides is 2. The van der Waals surface area contributed by atoms with Gasteiger partial charge in [-0.25, -0.2) is 4.79 Å². The molecular formula is C21H32N2O3. The topological polar surface area (TPSA) is 67.4 Å². The van der Waals surface area contributed by atoms with Crippen molar-refractivity contribution in [2.45, 2.75) is 71.4 Å². The van der Waals surface area contributed by atoms with Crippen molar-refractivity contribution in [3.05, 3.63) is 35.4 Å². The van der Waals surface area contributed by atoms with Crippen molar-refractivity contribution >= 4 is 12.0 Å². The summed E-state index contributed by atoms with van der Waals surface area (Å²) in [6.45, 7) is 9.95. The summed E-state index contributed by atoms with van der Waals surface area (Å²) in [7, 11) is 0. The summed E-state index contributed by atoms with van der Waals surface area (Å²) in [5.74, 6) is 0.425. The van der Waals surface area contributed by atoms with Crippen LogP contribution in [0.1, 0.15) is 58.1 Å². The average Bonchev–Trinajstić information content (AvgIpc) is 3.36. The van der Waals surface area contributed by atoms with Gasteiger partial charge in [0.2, 0.25) is 5.91 Å². The van der Waals surface area contributed by atoms with Gasteiger partial charge in [-0.05, 0) is 70.9 Å². The van der Waals surface area contributed by atoms with Crippen LogP contribution in [-0.4, -0.2) is 29.7 Å². The van der Waals surface area contributed by atoms with Crippen molar-refractivity contribution in [2.75, 3.05) is 6.54 Å². The molecule has 2 N–H and O–H groups in total. The number of benzene rings is 1. The molecule has 1 atom stereocenters. The molecule has 26 heavy (non-hydrogen) atoms. The van der Waals surface area contributed by atoms with Crippen LogP contribution in [0.2, 0.25) is 0 Å². The van der Waals surface area contributed by atoms with E-state index in [1.165, 1.54) is 11.1 Å². The van der Waals surface area contributed by atoms with Crippen molar-refractivity contribution in [3.8, 4) is 0 Å². The van der Waals surface area contributed by atoms with Gasteiger partial charge in [-0.15, -0.1) is 0 Å². The minimum Gasteiger partial charge on any atom is -0.444 e. The average molecular weight is 360 g/mol. The molecule has 1 unspecified atom stereocenters. The molecule has 0 bridgehead atoms.